The lowest BCUT2D eigenvalue weighted by Crippen LogP contribution is -2.54. The van der Waals surface area contributed by atoms with Crippen LogP contribution in [0.3, 0.4) is 0 Å². The molecule has 1 heterocycles. The minimum Gasteiger partial charge on any atom is -0.497 e. The molecular weight excluding hydrogens is 246 g/mol. The summed E-state index contributed by atoms with van der Waals surface area (Å²) in [4.78, 5) is 13.7. The maximum absolute atomic E-state index is 12.0. The van der Waals surface area contributed by atoms with Crippen molar-refractivity contribution in [3.63, 3.8) is 0 Å². The van der Waals surface area contributed by atoms with Gasteiger partial charge in [-0.1, -0.05) is 0 Å². The Morgan fingerprint density at radius 2 is 1.95 bits per heavy atom. The maximum Gasteiger partial charge on any atom is 0.263 e. The summed E-state index contributed by atoms with van der Waals surface area (Å²) >= 11 is 0. The van der Waals surface area contributed by atoms with Crippen molar-refractivity contribution in [2.24, 2.45) is 5.92 Å². The molecule has 1 aliphatic heterocycles. The molecule has 0 aliphatic carbocycles. The second-order valence-electron chi connectivity index (χ2n) is 4.73. The van der Waals surface area contributed by atoms with E-state index in [2.05, 4.69) is 0 Å². The van der Waals surface area contributed by atoms with Crippen LogP contribution in [-0.4, -0.2) is 48.8 Å². The number of carbonyl (C=O) groups is 1. The Labute approximate surface area is 112 Å². The smallest absolute Gasteiger partial charge is 0.263 e. The highest BCUT2D eigenvalue weighted by atomic mass is 16.5. The van der Waals surface area contributed by atoms with Gasteiger partial charge < -0.3 is 19.5 Å². The molecule has 1 amide bonds. The monoisotopic (exact) mass is 265 g/mol. The standard InChI is InChI=1S/C14H19NO4/c1-10(14(17)15-7-11(8-15)9-16)19-13-5-3-12(18-2)4-6-13/h3-6,10-11,16H,7-9H2,1-2H3. The van der Waals surface area contributed by atoms with Crippen LogP contribution >= 0.6 is 0 Å². The highest BCUT2D eigenvalue weighted by Crippen LogP contribution is 2.20. The van der Waals surface area contributed by atoms with E-state index in [4.69, 9.17) is 14.6 Å². The Hall–Kier alpha value is -1.75. The molecule has 0 radical (unpaired) electrons. The molecule has 1 aliphatic rings. The summed E-state index contributed by atoms with van der Waals surface area (Å²) < 4.78 is 10.6. The Morgan fingerprint density at radius 1 is 1.37 bits per heavy atom. The van der Waals surface area contributed by atoms with Gasteiger partial charge in [0.1, 0.15) is 11.5 Å². The van der Waals surface area contributed by atoms with E-state index >= 15 is 0 Å². The molecule has 1 N–H and O–H groups in total. The summed E-state index contributed by atoms with van der Waals surface area (Å²) in [5.41, 5.74) is 0. The van der Waals surface area contributed by atoms with Gasteiger partial charge in [0.2, 0.25) is 0 Å². The van der Waals surface area contributed by atoms with Gasteiger partial charge in [-0.05, 0) is 31.2 Å². The van der Waals surface area contributed by atoms with Gasteiger partial charge in [-0.25, -0.2) is 0 Å². The van der Waals surface area contributed by atoms with Crippen molar-refractivity contribution in [2.75, 3.05) is 26.8 Å². The second kappa shape index (κ2) is 5.93. The first-order valence-electron chi connectivity index (χ1n) is 6.34. The quantitative estimate of drug-likeness (QED) is 0.860. The van der Waals surface area contributed by atoms with E-state index in [1.807, 2.05) is 0 Å². The van der Waals surface area contributed by atoms with Crippen LogP contribution in [0.5, 0.6) is 11.5 Å². The average Bonchev–Trinajstić information content (AvgIpc) is 2.38. The van der Waals surface area contributed by atoms with Gasteiger partial charge in [0.25, 0.3) is 5.91 Å². The Kier molecular flexibility index (Phi) is 4.27. The van der Waals surface area contributed by atoms with E-state index in [1.54, 1.807) is 43.2 Å². The van der Waals surface area contributed by atoms with Gasteiger partial charge in [-0.15, -0.1) is 0 Å². The molecule has 0 aromatic heterocycles. The van der Waals surface area contributed by atoms with Crippen LogP contribution in [0.4, 0.5) is 0 Å². The van der Waals surface area contributed by atoms with E-state index in [0.29, 0.717) is 18.8 Å². The lowest BCUT2D eigenvalue weighted by molar-refractivity contribution is -0.145. The van der Waals surface area contributed by atoms with Gasteiger partial charge in [0.15, 0.2) is 6.10 Å². The number of ether oxygens (including phenoxy) is 2. The van der Waals surface area contributed by atoms with Crippen molar-refractivity contribution >= 4 is 5.91 Å². The molecule has 1 unspecified atom stereocenters. The summed E-state index contributed by atoms with van der Waals surface area (Å²) in [6, 6.07) is 7.13. The third-order valence-electron chi connectivity index (χ3n) is 3.25. The molecule has 19 heavy (non-hydrogen) atoms. The summed E-state index contributed by atoms with van der Waals surface area (Å²) in [7, 11) is 1.60. The molecule has 1 fully saturated rings. The Morgan fingerprint density at radius 3 is 2.47 bits per heavy atom. The number of hydrogen-bond donors (Lipinski definition) is 1. The number of carbonyl (C=O) groups excluding carboxylic acids is 1. The zero-order chi connectivity index (χ0) is 13.8. The first-order valence-corrected chi connectivity index (χ1v) is 6.34. The fourth-order valence-electron chi connectivity index (χ4n) is 2.03. The Bertz CT molecular complexity index is 426. The number of likely N-dealkylation sites (tertiary alicyclic amines) is 1. The number of rotatable bonds is 5. The van der Waals surface area contributed by atoms with Crippen LogP contribution in [0.2, 0.25) is 0 Å². The van der Waals surface area contributed by atoms with E-state index in [0.717, 1.165) is 5.75 Å². The second-order valence-corrected chi connectivity index (χ2v) is 4.73. The number of benzene rings is 1. The number of amides is 1. The lowest BCUT2D eigenvalue weighted by Gasteiger charge is -2.39. The van der Waals surface area contributed by atoms with Crippen LogP contribution in [0.1, 0.15) is 6.92 Å². The molecule has 2 rings (SSSR count). The number of aliphatic hydroxyl groups excluding tert-OH is 1. The van der Waals surface area contributed by atoms with Crippen LogP contribution in [-0.2, 0) is 4.79 Å². The normalized spacial score (nSPS) is 16.7. The minimum atomic E-state index is -0.520. The van der Waals surface area contributed by atoms with Gasteiger partial charge >= 0.3 is 0 Å². The van der Waals surface area contributed by atoms with E-state index in [1.165, 1.54) is 0 Å². The molecule has 1 aromatic carbocycles. The fraction of sp³-hybridized carbons (Fsp3) is 0.500. The molecule has 1 aromatic rings. The highest BCUT2D eigenvalue weighted by Gasteiger charge is 2.33. The predicted octanol–water partition coefficient (Wildman–Crippen LogP) is 0.913. The molecule has 104 valence electrons. The fourth-order valence-corrected chi connectivity index (χ4v) is 2.03. The van der Waals surface area contributed by atoms with Gasteiger partial charge in [-0.2, -0.15) is 0 Å². The molecule has 1 saturated heterocycles. The van der Waals surface area contributed by atoms with Crippen LogP contribution < -0.4 is 9.47 Å². The number of nitrogens with zero attached hydrogens (tertiary/aromatic N) is 1. The number of methoxy groups -OCH3 is 1. The molecule has 5 heteroatoms. The maximum atomic E-state index is 12.0. The van der Waals surface area contributed by atoms with Gasteiger partial charge in [-0.3, -0.25) is 4.79 Å². The molecule has 1 atom stereocenters. The topological polar surface area (TPSA) is 59.0 Å². The summed E-state index contributed by atoms with van der Waals surface area (Å²) in [6.07, 6.45) is -0.520. The lowest BCUT2D eigenvalue weighted by atomic mass is 10.0. The number of hydrogen-bond acceptors (Lipinski definition) is 4. The first-order chi connectivity index (χ1) is 9.13. The van der Waals surface area contributed by atoms with Crippen LogP contribution in [0, 0.1) is 5.92 Å². The molecule has 0 spiro atoms. The molecular formula is C14H19NO4. The van der Waals surface area contributed by atoms with Crippen molar-refractivity contribution in [2.45, 2.75) is 13.0 Å². The average molecular weight is 265 g/mol. The van der Waals surface area contributed by atoms with Crippen molar-refractivity contribution in [3.8, 4) is 11.5 Å². The minimum absolute atomic E-state index is 0.0412. The van der Waals surface area contributed by atoms with Crippen molar-refractivity contribution in [1.29, 1.82) is 0 Å². The summed E-state index contributed by atoms with van der Waals surface area (Å²) in [6.45, 7) is 3.10. The van der Waals surface area contributed by atoms with Gasteiger partial charge in [0.05, 0.1) is 7.11 Å². The number of aliphatic hydroxyl groups is 1. The Balaban J connectivity index is 1.86. The van der Waals surface area contributed by atoms with Crippen molar-refractivity contribution < 1.29 is 19.4 Å². The first kappa shape index (κ1) is 13.7. The van der Waals surface area contributed by atoms with E-state index in [9.17, 15) is 4.79 Å². The van der Waals surface area contributed by atoms with Crippen LogP contribution in [0.25, 0.3) is 0 Å². The highest BCUT2D eigenvalue weighted by molar-refractivity contribution is 5.81. The zero-order valence-corrected chi connectivity index (χ0v) is 11.2. The van der Waals surface area contributed by atoms with Crippen molar-refractivity contribution in [3.05, 3.63) is 24.3 Å². The predicted molar refractivity (Wildman–Crippen MR) is 70.2 cm³/mol. The third-order valence-corrected chi connectivity index (χ3v) is 3.25. The van der Waals surface area contributed by atoms with Crippen molar-refractivity contribution in [1.82, 2.24) is 4.90 Å². The van der Waals surface area contributed by atoms with E-state index in [-0.39, 0.29) is 18.4 Å². The summed E-state index contributed by atoms with van der Waals surface area (Å²) in [5, 5.41) is 8.93. The molecule has 5 nitrogen and oxygen atoms in total. The summed E-state index contributed by atoms with van der Waals surface area (Å²) in [5.74, 6) is 1.57. The van der Waals surface area contributed by atoms with Gasteiger partial charge in [0, 0.05) is 25.6 Å². The zero-order valence-electron chi connectivity index (χ0n) is 11.2. The largest absolute Gasteiger partial charge is 0.497 e. The third kappa shape index (κ3) is 3.17. The molecule has 0 saturated carbocycles. The van der Waals surface area contributed by atoms with Crippen LogP contribution in [0.15, 0.2) is 24.3 Å². The molecule has 0 bridgehead atoms. The van der Waals surface area contributed by atoms with E-state index < -0.39 is 6.10 Å². The SMILES string of the molecule is COc1ccc(OC(C)C(=O)N2CC(CO)C2)cc1.